The summed E-state index contributed by atoms with van der Waals surface area (Å²) in [5.41, 5.74) is 4.77. The highest BCUT2D eigenvalue weighted by molar-refractivity contribution is 6.31. The highest BCUT2D eigenvalue weighted by Crippen LogP contribution is 2.28. The van der Waals surface area contributed by atoms with Crippen LogP contribution in [0.5, 0.6) is 0 Å². The maximum absolute atomic E-state index is 12.1. The molecular formula is C20H22ClN3O2. The van der Waals surface area contributed by atoms with Gasteiger partial charge in [0.25, 0.3) is 5.91 Å². The zero-order valence-corrected chi connectivity index (χ0v) is 16.1. The minimum absolute atomic E-state index is 0.0594. The smallest absolute Gasteiger partial charge is 0.262 e. The third-order valence-electron chi connectivity index (χ3n) is 4.21. The van der Waals surface area contributed by atoms with Crippen molar-refractivity contribution < 1.29 is 9.53 Å². The zero-order chi connectivity index (χ0) is 19.3. The first kappa shape index (κ1) is 19.8. The van der Waals surface area contributed by atoms with Crippen LogP contribution in [0.15, 0.2) is 29.8 Å². The molecule has 0 saturated carbocycles. The minimum atomic E-state index is -0.409. The van der Waals surface area contributed by atoms with Crippen LogP contribution in [0.4, 0.5) is 0 Å². The molecule has 0 saturated heterocycles. The molecule has 6 heteroatoms. The Morgan fingerprint density at radius 3 is 2.77 bits per heavy atom. The number of benzene rings is 1. The summed E-state index contributed by atoms with van der Waals surface area (Å²) in [5.74, 6) is -0.409. The second-order valence-electron chi connectivity index (χ2n) is 5.96. The Bertz CT molecular complexity index is 891. The molecule has 2 rings (SSSR count). The fraction of sp³-hybridized carbons (Fsp3) is 0.300. The number of nitrogens with one attached hydrogen (secondary N) is 1. The first-order valence-corrected chi connectivity index (χ1v) is 8.61. The molecule has 0 bridgehead atoms. The van der Waals surface area contributed by atoms with Crippen LogP contribution in [0, 0.1) is 32.1 Å². The number of ether oxygens (including phenoxy) is 1. The molecule has 2 aromatic rings. The normalized spacial score (nSPS) is 11.3. The molecule has 5 nitrogen and oxygen atoms in total. The maximum Gasteiger partial charge on any atom is 0.262 e. The lowest BCUT2D eigenvalue weighted by Crippen LogP contribution is -2.27. The molecule has 0 aliphatic heterocycles. The molecule has 0 unspecified atom stereocenters. The Labute approximate surface area is 158 Å². The summed E-state index contributed by atoms with van der Waals surface area (Å²) in [4.78, 5) is 12.1. The van der Waals surface area contributed by atoms with Gasteiger partial charge in [0.15, 0.2) is 0 Å². The molecule has 1 aromatic carbocycles. The molecule has 0 atom stereocenters. The van der Waals surface area contributed by atoms with Crippen LogP contribution >= 0.6 is 11.6 Å². The molecule has 136 valence electrons. The van der Waals surface area contributed by atoms with E-state index in [1.165, 1.54) is 0 Å². The molecule has 0 radical (unpaired) electrons. The number of aromatic nitrogens is 1. The average molecular weight is 372 g/mol. The summed E-state index contributed by atoms with van der Waals surface area (Å²) >= 11 is 6.25. The Balaban J connectivity index is 2.42. The molecule has 0 fully saturated rings. The van der Waals surface area contributed by atoms with Crippen LogP contribution in [-0.4, -0.2) is 30.7 Å². The Morgan fingerprint density at radius 1 is 1.38 bits per heavy atom. The minimum Gasteiger partial charge on any atom is -0.383 e. The van der Waals surface area contributed by atoms with Crippen molar-refractivity contribution in [3.05, 3.63) is 57.4 Å². The molecule has 0 aliphatic carbocycles. The van der Waals surface area contributed by atoms with E-state index in [1.807, 2.05) is 51.1 Å². The number of halogens is 1. The second kappa shape index (κ2) is 8.70. The fourth-order valence-electron chi connectivity index (χ4n) is 2.81. The van der Waals surface area contributed by atoms with Crippen LogP contribution in [0.25, 0.3) is 11.8 Å². The van der Waals surface area contributed by atoms with Gasteiger partial charge in [-0.15, -0.1) is 0 Å². The van der Waals surface area contributed by atoms with Gasteiger partial charge in [-0.05, 0) is 56.2 Å². The molecule has 26 heavy (non-hydrogen) atoms. The highest BCUT2D eigenvalue weighted by Gasteiger charge is 2.15. The van der Waals surface area contributed by atoms with E-state index in [0.29, 0.717) is 18.2 Å². The summed E-state index contributed by atoms with van der Waals surface area (Å²) in [6.07, 6.45) is 1.61. The van der Waals surface area contributed by atoms with E-state index in [1.54, 1.807) is 13.2 Å². The van der Waals surface area contributed by atoms with Gasteiger partial charge in [-0.25, -0.2) is 0 Å². The topological polar surface area (TPSA) is 67.0 Å². The summed E-state index contributed by atoms with van der Waals surface area (Å²) in [6.45, 7) is 6.66. The number of hydrogen-bond donors (Lipinski definition) is 1. The van der Waals surface area contributed by atoms with E-state index in [9.17, 15) is 10.1 Å². The van der Waals surface area contributed by atoms with Crippen molar-refractivity contribution in [1.29, 1.82) is 5.26 Å². The third kappa shape index (κ3) is 4.16. The highest BCUT2D eigenvalue weighted by atomic mass is 35.5. The van der Waals surface area contributed by atoms with Gasteiger partial charge in [0.2, 0.25) is 0 Å². The summed E-state index contributed by atoms with van der Waals surface area (Å²) in [7, 11) is 1.56. The van der Waals surface area contributed by atoms with Gasteiger partial charge < -0.3 is 14.6 Å². The second-order valence-corrected chi connectivity index (χ2v) is 6.37. The monoisotopic (exact) mass is 371 g/mol. The number of aryl methyl sites for hydroxylation is 1. The van der Waals surface area contributed by atoms with Crippen molar-refractivity contribution >= 4 is 23.6 Å². The predicted octanol–water partition coefficient (Wildman–Crippen LogP) is 3.73. The van der Waals surface area contributed by atoms with E-state index >= 15 is 0 Å². The zero-order valence-electron chi connectivity index (χ0n) is 15.4. The van der Waals surface area contributed by atoms with E-state index in [-0.39, 0.29) is 5.57 Å². The number of methoxy groups -OCH3 is 1. The van der Waals surface area contributed by atoms with Crippen molar-refractivity contribution in [3.63, 3.8) is 0 Å². The van der Waals surface area contributed by atoms with Crippen LogP contribution in [-0.2, 0) is 9.53 Å². The molecule has 1 heterocycles. The number of amides is 1. The van der Waals surface area contributed by atoms with Gasteiger partial charge in [0.1, 0.15) is 11.6 Å². The SMILES string of the molecule is COCCNC(=O)C(C#N)=Cc1cc(C)n(-c2cccc(Cl)c2C)c1C. The molecule has 1 N–H and O–H groups in total. The van der Waals surface area contributed by atoms with E-state index in [4.69, 9.17) is 16.3 Å². The summed E-state index contributed by atoms with van der Waals surface area (Å²) in [5, 5.41) is 12.7. The van der Waals surface area contributed by atoms with Gasteiger partial charge in [0.05, 0.1) is 6.61 Å². The van der Waals surface area contributed by atoms with E-state index < -0.39 is 5.91 Å². The van der Waals surface area contributed by atoms with Gasteiger partial charge in [0, 0.05) is 35.8 Å². The predicted molar refractivity (Wildman–Crippen MR) is 103 cm³/mol. The van der Waals surface area contributed by atoms with Crippen molar-refractivity contribution in [2.75, 3.05) is 20.3 Å². The Hall–Kier alpha value is -2.55. The van der Waals surface area contributed by atoms with Crippen molar-refractivity contribution in [2.45, 2.75) is 20.8 Å². The Morgan fingerprint density at radius 2 is 2.12 bits per heavy atom. The fourth-order valence-corrected chi connectivity index (χ4v) is 2.98. The number of carbonyl (C=O) groups excluding carboxylic acids is 1. The van der Waals surface area contributed by atoms with Crippen LogP contribution in [0.2, 0.25) is 5.02 Å². The van der Waals surface area contributed by atoms with Crippen LogP contribution < -0.4 is 5.32 Å². The standard InChI is InChI=1S/C20H22ClN3O2/c1-13-10-16(11-17(12-22)20(25)23-8-9-26-4)15(3)24(13)19-7-5-6-18(21)14(19)2/h5-7,10-11H,8-9H2,1-4H3,(H,23,25). The lowest BCUT2D eigenvalue weighted by atomic mass is 10.1. The van der Waals surface area contributed by atoms with Crippen molar-refractivity contribution in [1.82, 2.24) is 9.88 Å². The largest absolute Gasteiger partial charge is 0.383 e. The van der Waals surface area contributed by atoms with E-state index in [2.05, 4.69) is 9.88 Å². The van der Waals surface area contributed by atoms with Crippen molar-refractivity contribution in [2.24, 2.45) is 0 Å². The van der Waals surface area contributed by atoms with Crippen LogP contribution in [0.3, 0.4) is 0 Å². The summed E-state index contributed by atoms with van der Waals surface area (Å²) < 4.78 is 6.97. The van der Waals surface area contributed by atoms with Gasteiger partial charge in [-0.1, -0.05) is 17.7 Å². The number of nitrogens with zero attached hydrogens (tertiary/aromatic N) is 2. The lowest BCUT2D eigenvalue weighted by molar-refractivity contribution is -0.117. The molecule has 1 aromatic heterocycles. The third-order valence-corrected chi connectivity index (χ3v) is 4.62. The van der Waals surface area contributed by atoms with Gasteiger partial charge in [-0.2, -0.15) is 5.26 Å². The van der Waals surface area contributed by atoms with Crippen LogP contribution in [0.1, 0.15) is 22.5 Å². The number of rotatable bonds is 6. The quantitative estimate of drug-likeness (QED) is 0.478. The van der Waals surface area contributed by atoms with E-state index in [0.717, 1.165) is 28.2 Å². The number of carbonyl (C=O) groups is 1. The number of hydrogen-bond acceptors (Lipinski definition) is 3. The average Bonchev–Trinajstić information content (AvgIpc) is 2.89. The molecule has 0 aliphatic rings. The maximum atomic E-state index is 12.1. The Kier molecular flexibility index (Phi) is 6.62. The first-order chi connectivity index (χ1) is 12.4. The molecule has 1 amide bonds. The lowest BCUT2D eigenvalue weighted by Gasteiger charge is -2.13. The molecule has 0 spiro atoms. The van der Waals surface area contributed by atoms with Gasteiger partial charge >= 0.3 is 0 Å². The van der Waals surface area contributed by atoms with Crippen molar-refractivity contribution in [3.8, 4) is 11.8 Å². The van der Waals surface area contributed by atoms with Gasteiger partial charge in [-0.3, -0.25) is 4.79 Å². The molecular weight excluding hydrogens is 350 g/mol. The number of nitriles is 1. The first-order valence-electron chi connectivity index (χ1n) is 8.24. The summed E-state index contributed by atoms with van der Waals surface area (Å²) in [6, 6.07) is 9.68.